The van der Waals surface area contributed by atoms with Crippen LogP contribution in [-0.2, 0) is 16.1 Å². The Balaban J connectivity index is 2.32. The molecular weight excluding hydrogens is 176 g/mol. The van der Waals surface area contributed by atoms with Gasteiger partial charge in [-0.05, 0) is 18.1 Å². The van der Waals surface area contributed by atoms with Gasteiger partial charge >= 0.3 is 0 Å². The van der Waals surface area contributed by atoms with Gasteiger partial charge in [-0.2, -0.15) is 0 Å². The Labute approximate surface area is 85.2 Å². The van der Waals surface area contributed by atoms with Crippen LogP contribution in [-0.4, -0.2) is 13.4 Å². The van der Waals surface area contributed by atoms with Crippen LogP contribution >= 0.6 is 0 Å². The van der Waals surface area contributed by atoms with Crippen molar-refractivity contribution < 1.29 is 9.47 Å². The monoisotopic (exact) mass is 192 g/mol. The summed E-state index contributed by atoms with van der Waals surface area (Å²) in [6, 6.07) is 8.10. The normalized spacial score (nSPS) is 10.1. The quantitative estimate of drug-likeness (QED) is 0.509. The van der Waals surface area contributed by atoms with Gasteiger partial charge in [0.2, 0.25) is 0 Å². The Morgan fingerprint density at radius 3 is 2.50 bits per heavy atom. The smallest absolute Gasteiger partial charge is 0.147 e. The zero-order chi connectivity index (χ0) is 10.2. The number of benzene rings is 1. The zero-order valence-corrected chi connectivity index (χ0v) is 8.53. The lowest BCUT2D eigenvalue weighted by molar-refractivity contribution is -0.0571. The molecule has 0 aromatic heterocycles. The van der Waals surface area contributed by atoms with E-state index in [0.29, 0.717) is 20.0 Å². The summed E-state index contributed by atoms with van der Waals surface area (Å²) in [5, 5.41) is 0. The topological polar surface area (TPSA) is 18.5 Å². The first-order chi connectivity index (χ1) is 6.86. The van der Waals surface area contributed by atoms with Crippen molar-refractivity contribution in [1.82, 2.24) is 0 Å². The van der Waals surface area contributed by atoms with Crippen LogP contribution in [0.25, 0.3) is 6.08 Å². The molecule has 0 aliphatic carbocycles. The SMILES string of the molecule is C=Cc1ccc(COCOCC)cc1. The Morgan fingerprint density at radius 1 is 1.21 bits per heavy atom. The van der Waals surface area contributed by atoms with Crippen molar-refractivity contribution >= 4 is 6.08 Å². The van der Waals surface area contributed by atoms with E-state index in [1.807, 2.05) is 37.3 Å². The molecule has 0 fully saturated rings. The van der Waals surface area contributed by atoms with E-state index in [4.69, 9.17) is 9.47 Å². The van der Waals surface area contributed by atoms with Crippen LogP contribution in [0.3, 0.4) is 0 Å². The summed E-state index contributed by atoms with van der Waals surface area (Å²) in [5.41, 5.74) is 2.27. The molecule has 0 unspecified atom stereocenters. The van der Waals surface area contributed by atoms with E-state index in [1.54, 1.807) is 0 Å². The molecular formula is C12H16O2. The van der Waals surface area contributed by atoms with E-state index < -0.39 is 0 Å². The molecule has 1 aromatic rings. The van der Waals surface area contributed by atoms with Crippen molar-refractivity contribution in [2.45, 2.75) is 13.5 Å². The van der Waals surface area contributed by atoms with Crippen LogP contribution in [0.15, 0.2) is 30.8 Å². The van der Waals surface area contributed by atoms with Crippen molar-refractivity contribution in [3.8, 4) is 0 Å². The van der Waals surface area contributed by atoms with Crippen molar-refractivity contribution in [1.29, 1.82) is 0 Å². The van der Waals surface area contributed by atoms with Gasteiger partial charge in [-0.3, -0.25) is 0 Å². The van der Waals surface area contributed by atoms with Crippen LogP contribution in [0.2, 0.25) is 0 Å². The number of rotatable bonds is 6. The van der Waals surface area contributed by atoms with E-state index >= 15 is 0 Å². The first-order valence-corrected chi connectivity index (χ1v) is 4.73. The Bertz CT molecular complexity index is 264. The van der Waals surface area contributed by atoms with E-state index in [0.717, 1.165) is 11.1 Å². The third kappa shape index (κ3) is 3.73. The van der Waals surface area contributed by atoms with Crippen molar-refractivity contribution in [2.75, 3.05) is 13.4 Å². The lowest BCUT2D eigenvalue weighted by Gasteiger charge is -2.04. The van der Waals surface area contributed by atoms with Gasteiger partial charge in [0.25, 0.3) is 0 Å². The molecule has 76 valence electrons. The highest BCUT2D eigenvalue weighted by Crippen LogP contribution is 2.06. The molecule has 14 heavy (non-hydrogen) atoms. The highest BCUT2D eigenvalue weighted by atomic mass is 16.7. The second-order valence-electron chi connectivity index (χ2n) is 2.90. The molecule has 1 aromatic carbocycles. The van der Waals surface area contributed by atoms with Gasteiger partial charge in [-0.25, -0.2) is 0 Å². The number of ether oxygens (including phenoxy) is 2. The molecule has 2 nitrogen and oxygen atoms in total. The first kappa shape index (κ1) is 11.0. The van der Waals surface area contributed by atoms with E-state index in [1.165, 1.54) is 0 Å². The molecule has 0 radical (unpaired) electrons. The van der Waals surface area contributed by atoms with Crippen molar-refractivity contribution in [2.24, 2.45) is 0 Å². The molecule has 2 heteroatoms. The molecule has 1 rings (SSSR count). The van der Waals surface area contributed by atoms with Crippen molar-refractivity contribution in [3.63, 3.8) is 0 Å². The van der Waals surface area contributed by atoms with Gasteiger partial charge < -0.3 is 9.47 Å². The fraction of sp³-hybridized carbons (Fsp3) is 0.333. The largest absolute Gasteiger partial charge is 0.356 e. The van der Waals surface area contributed by atoms with E-state index in [9.17, 15) is 0 Å². The zero-order valence-electron chi connectivity index (χ0n) is 8.53. The van der Waals surface area contributed by atoms with Crippen LogP contribution in [0.4, 0.5) is 0 Å². The average molecular weight is 192 g/mol. The Morgan fingerprint density at radius 2 is 1.93 bits per heavy atom. The predicted molar refractivity (Wildman–Crippen MR) is 57.8 cm³/mol. The van der Waals surface area contributed by atoms with Gasteiger partial charge in [-0.1, -0.05) is 36.9 Å². The minimum atomic E-state index is 0.361. The van der Waals surface area contributed by atoms with Gasteiger partial charge in [0, 0.05) is 6.61 Å². The van der Waals surface area contributed by atoms with Crippen LogP contribution < -0.4 is 0 Å². The third-order valence-corrected chi connectivity index (χ3v) is 1.85. The lowest BCUT2D eigenvalue weighted by Crippen LogP contribution is -1.99. The number of hydrogen-bond donors (Lipinski definition) is 0. The second-order valence-corrected chi connectivity index (χ2v) is 2.90. The summed E-state index contributed by atoms with van der Waals surface area (Å²) >= 11 is 0. The maximum absolute atomic E-state index is 5.29. The molecule has 0 saturated heterocycles. The van der Waals surface area contributed by atoms with Crippen LogP contribution in [0.1, 0.15) is 18.1 Å². The minimum absolute atomic E-state index is 0.361. The van der Waals surface area contributed by atoms with Crippen LogP contribution in [0, 0.1) is 0 Å². The minimum Gasteiger partial charge on any atom is -0.356 e. The maximum atomic E-state index is 5.29. The maximum Gasteiger partial charge on any atom is 0.147 e. The van der Waals surface area contributed by atoms with E-state index in [2.05, 4.69) is 6.58 Å². The summed E-state index contributed by atoms with van der Waals surface area (Å²) in [4.78, 5) is 0. The van der Waals surface area contributed by atoms with Crippen LogP contribution in [0.5, 0.6) is 0 Å². The molecule has 0 spiro atoms. The predicted octanol–water partition coefficient (Wildman–Crippen LogP) is 2.84. The molecule has 0 saturated carbocycles. The Hall–Kier alpha value is -1.12. The summed E-state index contributed by atoms with van der Waals surface area (Å²) in [7, 11) is 0. The molecule has 0 amide bonds. The second kappa shape index (κ2) is 6.35. The molecule has 0 aliphatic rings. The molecule has 0 N–H and O–H groups in total. The summed E-state index contributed by atoms with van der Waals surface area (Å²) < 4.78 is 10.3. The van der Waals surface area contributed by atoms with Gasteiger partial charge in [0.1, 0.15) is 6.79 Å². The average Bonchev–Trinajstić information content (AvgIpc) is 2.25. The van der Waals surface area contributed by atoms with Gasteiger partial charge in [0.15, 0.2) is 0 Å². The molecule has 0 atom stereocenters. The van der Waals surface area contributed by atoms with Gasteiger partial charge in [0.05, 0.1) is 6.61 Å². The molecule has 0 bridgehead atoms. The Kier molecular flexibility index (Phi) is 4.97. The van der Waals surface area contributed by atoms with Crippen molar-refractivity contribution in [3.05, 3.63) is 42.0 Å². The lowest BCUT2D eigenvalue weighted by atomic mass is 10.1. The highest BCUT2D eigenvalue weighted by molar-refractivity contribution is 5.47. The van der Waals surface area contributed by atoms with E-state index in [-0.39, 0.29) is 0 Å². The fourth-order valence-electron chi connectivity index (χ4n) is 1.05. The summed E-state index contributed by atoms with van der Waals surface area (Å²) in [6.07, 6.45) is 1.82. The fourth-order valence-corrected chi connectivity index (χ4v) is 1.05. The summed E-state index contributed by atoms with van der Waals surface area (Å²) in [6.45, 7) is 7.29. The number of hydrogen-bond acceptors (Lipinski definition) is 2. The first-order valence-electron chi connectivity index (χ1n) is 4.73. The third-order valence-electron chi connectivity index (χ3n) is 1.85. The standard InChI is InChI=1S/C12H16O2/c1-3-11-5-7-12(8-6-11)9-14-10-13-4-2/h3,5-8H,1,4,9-10H2,2H3. The highest BCUT2D eigenvalue weighted by Gasteiger charge is 1.92. The van der Waals surface area contributed by atoms with Gasteiger partial charge in [-0.15, -0.1) is 0 Å². The molecule has 0 aliphatic heterocycles. The summed E-state index contributed by atoms with van der Waals surface area (Å²) in [5.74, 6) is 0. The molecule has 0 heterocycles.